The number of nitrogens with one attached hydrogen (secondary N) is 1. The lowest BCUT2D eigenvalue weighted by Crippen LogP contribution is -2.29. The van der Waals surface area contributed by atoms with E-state index in [2.05, 4.69) is 60.6 Å². The molecule has 3 heteroatoms. The molecule has 0 spiro atoms. The number of benzene rings is 1. The van der Waals surface area contributed by atoms with Gasteiger partial charge in [-0.25, -0.2) is 0 Å². The van der Waals surface area contributed by atoms with Crippen LogP contribution in [0.1, 0.15) is 43.4 Å². The van der Waals surface area contributed by atoms with E-state index in [4.69, 9.17) is 4.74 Å². The number of anilines is 1. The van der Waals surface area contributed by atoms with E-state index in [9.17, 15) is 0 Å². The molecule has 3 atom stereocenters. The summed E-state index contributed by atoms with van der Waals surface area (Å²) < 4.78 is 5.93. The van der Waals surface area contributed by atoms with Crippen LogP contribution in [-0.2, 0) is 0 Å². The van der Waals surface area contributed by atoms with E-state index in [1.54, 1.807) is 0 Å². The Bertz CT molecular complexity index is 739. The van der Waals surface area contributed by atoms with E-state index >= 15 is 0 Å². The number of nitrogens with zero attached hydrogens (tertiary/aromatic N) is 1. The molecule has 0 amide bonds. The topological polar surface area (TPSA) is 34.1 Å². The molecule has 3 nitrogen and oxygen atoms in total. The zero-order chi connectivity index (χ0) is 16.5. The van der Waals surface area contributed by atoms with Gasteiger partial charge in [0.15, 0.2) is 0 Å². The molecule has 3 unspecified atom stereocenters. The van der Waals surface area contributed by atoms with Crippen molar-refractivity contribution in [3.63, 3.8) is 0 Å². The smallest absolute Gasteiger partial charge is 0.119 e. The molecule has 1 aliphatic carbocycles. The van der Waals surface area contributed by atoms with E-state index in [1.807, 2.05) is 18.5 Å². The van der Waals surface area contributed by atoms with Crippen LogP contribution in [0.15, 0.2) is 54.9 Å². The quantitative estimate of drug-likeness (QED) is 0.810. The molecule has 2 heterocycles. The molecule has 0 fully saturated rings. The van der Waals surface area contributed by atoms with Crippen LogP contribution in [0.3, 0.4) is 0 Å². The summed E-state index contributed by atoms with van der Waals surface area (Å²) in [6.07, 6.45) is 9.60. The van der Waals surface area contributed by atoms with Gasteiger partial charge in [0, 0.05) is 24.0 Å². The summed E-state index contributed by atoms with van der Waals surface area (Å²) in [6.45, 7) is 5.11. The first-order chi connectivity index (χ1) is 11.7. The van der Waals surface area contributed by atoms with E-state index in [-0.39, 0.29) is 0 Å². The maximum atomic E-state index is 5.93. The zero-order valence-corrected chi connectivity index (χ0v) is 14.3. The summed E-state index contributed by atoms with van der Waals surface area (Å²) in [5, 5.41) is 3.74. The van der Waals surface area contributed by atoms with Gasteiger partial charge in [-0.05, 0) is 53.6 Å². The van der Waals surface area contributed by atoms with Crippen LogP contribution < -0.4 is 10.1 Å². The van der Waals surface area contributed by atoms with Gasteiger partial charge in [-0.15, -0.1) is 0 Å². The van der Waals surface area contributed by atoms with Gasteiger partial charge in [0.25, 0.3) is 0 Å². The predicted octanol–water partition coefficient (Wildman–Crippen LogP) is 4.94. The third-order valence-electron chi connectivity index (χ3n) is 4.96. The maximum Gasteiger partial charge on any atom is 0.119 e. The molecule has 0 bridgehead atoms. The Kier molecular flexibility index (Phi) is 4.01. The van der Waals surface area contributed by atoms with Crippen LogP contribution in [0.5, 0.6) is 5.75 Å². The summed E-state index contributed by atoms with van der Waals surface area (Å²) in [5.74, 6) is 2.51. The summed E-state index contributed by atoms with van der Waals surface area (Å²) in [5.41, 5.74) is 3.84. The van der Waals surface area contributed by atoms with E-state index < -0.39 is 0 Å². The number of pyridine rings is 1. The molecule has 1 aromatic carbocycles. The first kappa shape index (κ1) is 15.3. The maximum absolute atomic E-state index is 5.93. The van der Waals surface area contributed by atoms with Crippen LogP contribution in [0.4, 0.5) is 5.69 Å². The first-order valence-corrected chi connectivity index (χ1v) is 8.82. The van der Waals surface area contributed by atoms with Crippen molar-refractivity contribution in [2.45, 2.75) is 32.2 Å². The molecule has 124 valence electrons. The van der Waals surface area contributed by atoms with Crippen molar-refractivity contribution in [2.24, 2.45) is 11.8 Å². The third kappa shape index (κ3) is 2.79. The van der Waals surface area contributed by atoms with Gasteiger partial charge in [-0.3, -0.25) is 4.98 Å². The Morgan fingerprint density at radius 2 is 2.21 bits per heavy atom. The Balaban J connectivity index is 1.66. The minimum atomic E-state index is 0.314. The van der Waals surface area contributed by atoms with Gasteiger partial charge in [-0.1, -0.05) is 32.1 Å². The monoisotopic (exact) mass is 320 g/mol. The highest BCUT2D eigenvalue weighted by molar-refractivity contribution is 5.61. The number of aromatic nitrogens is 1. The lowest BCUT2D eigenvalue weighted by atomic mass is 9.77. The Hall–Kier alpha value is -2.29. The second kappa shape index (κ2) is 6.31. The number of fused-ring (bicyclic) bond motifs is 3. The molecule has 1 aliphatic heterocycles. The van der Waals surface area contributed by atoms with Gasteiger partial charge in [0.05, 0.1) is 12.6 Å². The van der Waals surface area contributed by atoms with E-state index in [0.29, 0.717) is 23.8 Å². The predicted molar refractivity (Wildman–Crippen MR) is 97.4 cm³/mol. The SMILES string of the molecule is CC(C)COc1ccc2c(c1)C1C=CCC1C(c1cccnc1)N2. The van der Waals surface area contributed by atoms with Gasteiger partial charge in [0.1, 0.15) is 5.75 Å². The lowest BCUT2D eigenvalue weighted by molar-refractivity contribution is 0.270. The Morgan fingerprint density at radius 1 is 1.29 bits per heavy atom. The second-order valence-corrected chi connectivity index (χ2v) is 7.22. The third-order valence-corrected chi connectivity index (χ3v) is 4.96. The molecular weight excluding hydrogens is 296 g/mol. The van der Waals surface area contributed by atoms with Crippen molar-refractivity contribution in [1.82, 2.24) is 4.98 Å². The summed E-state index contributed by atoms with van der Waals surface area (Å²) in [7, 11) is 0. The molecule has 1 N–H and O–H groups in total. The van der Waals surface area contributed by atoms with Gasteiger partial charge in [0.2, 0.25) is 0 Å². The number of hydrogen-bond donors (Lipinski definition) is 1. The number of allylic oxidation sites excluding steroid dienone is 2. The standard InChI is InChI=1S/C21H24N2O/c1-14(2)13-24-16-8-9-20-19(11-16)17-6-3-7-18(17)21(23-20)15-5-4-10-22-12-15/h3-6,8-12,14,17-18,21,23H,7,13H2,1-2H3. The first-order valence-electron chi connectivity index (χ1n) is 8.82. The average Bonchev–Trinajstić information content (AvgIpc) is 3.10. The fourth-order valence-corrected chi connectivity index (χ4v) is 3.82. The molecule has 4 rings (SSSR count). The van der Waals surface area contributed by atoms with Gasteiger partial charge < -0.3 is 10.1 Å². The molecule has 1 aromatic heterocycles. The minimum Gasteiger partial charge on any atom is -0.493 e. The number of rotatable bonds is 4. The fraction of sp³-hybridized carbons (Fsp3) is 0.381. The fourth-order valence-electron chi connectivity index (χ4n) is 3.82. The van der Waals surface area contributed by atoms with Gasteiger partial charge in [-0.2, -0.15) is 0 Å². The molecule has 24 heavy (non-hydrogen) atoms. The van der Waals surface area contributed by atoms with E-state index in [0.717, 1.165) is 18.8 Å². The van der Waals surface area contributed by atoms with Crippen LogP contribution in [0.25, 0.3) is 0 Å². The van der Waals surface area contributed by atoms with Crippen molar-refractivity contribution in [1.29, 1.82) is 0 Å². The van der Waals surface area contributed by atoms with Crippen molar-refractivity contribution in [3.8, 4) is 5.75 Å². The molecule has 2 aromatic rings. The lowest BCUT2D eigenvalue weighted by Gasteiger charge is -2.37. The number of ether oxygens (including phenoxy) is 1. The molecular formula is C21H24N2O. The van der Waals surface area contributed by atoms with E-state index in [1.165, 1.54) is 16.8 Å². The summed E-state index contributed by atoms with van der Waals surface area (Å²) >= 11 is 0. The van der Waals surface area contributed by atoms with Crippen molar-refractivity contribution in [3.05, 3.63) is 66.0 Å². The van der Waals surface area contributed by atoms with Crippen LogP contribution in [0, 0.1) is 11.8 Å². The highest BCUT2D eigenvalue weighted by Gasteiger charge is 2.38. The normalized spacial score (nSPS) is 24.4. The summed E-state index contributed by atoms with van der Waals surface area (Å²) in [4.78, 5) is 4.30. The van der Waals surface area contributed by atoms with Crippen LogP contribution >= 0.6 is 0 Å². The Morgan fingerprint density at radius 3 is 3.00 bits per heavy atom. The van der Waals surface area contributed by atoms with Crippen molar-refractivity contribution < 1.29 is 4.74 Å². The average molecular weight is 320 g/mol. The van der Waals surface area contributed by atoms with Crippen molar-refractivity contribution in [2.75, 3.05) is 11.9 Å². The summed E-state index contributed by atoms with van der Waals surface area (Å²) in [6, 6.07) is 11.0. The zero-order valence-electron chi connectivity index (χ0n) is 14.3. The van der Waals surface area contributed by atoms with Crippen molar-refractivity contribution >= 4 is 5.69 Å². The molecule has 0 radical (unpaired) electrons. The highest BCUT2D eigenvalue weighted by atomic mass is 16.5. The second-order valence-electron chi connectivity index (χ2n) is 7.22. The molecule has 2 aliphatic rings. The van der Waals surface area contributed by atoms with Crippen LogP contribution in [0.2, 0.25) is 0 Å². The largest absolute Gasteiger partial charge is 0.493 e. The van der Waals surface area contributed by atoms with Crippen LogP contribution in [-0.4, -0.2) is 11.6 Å². The molecule has 0 saturated carbocycles. The Labute approximate surface area is 143 Å². The highest BCUT2D eigenvalue weighted by Crippen LogP contribution is 2.50. The minimum absolute atomic E-state index is 0.314. The van der Waals surface area contributed by atoms with Gasteiger partial charge >= 0.3 is 0 Å². The number of hydrogen-bond acceptors (Lipinski definition) is 3. The molecule has 0 saturated heterocycles.